The summed E-state index contributed by atoms with van der Waals surface area (Å²) in [7, 11) is 0. The van der Waals surface area contributed by atoms with Crippen LogP contribution in [-0.4, -0.2) is 47.5 Å². The lowest BCUT2D eigenvalue weighted by Gasteiger charge is -2.43. The van der Waals surface area contributed by atoms with E-state index in [-0.39, 0.29) is 6.54 Å². The van der Waals surface area contributed by atoms with Gasteiger partial charge in [0.05, 0.1) is 13.2 Å². The average Bonchev–Trinajstić information content (AvgIpc) is 2.81. The van der Waals surface area contributed by atoms with E-state index < -0.39 is 23.4 Å². The molecule has 2 unspecified atom stereocenters. The fourth-order valence-electron chi connectivity index (χ4n) is 4.35. The van der Waals surface area contributed by atoms with Gasteiger partial charge in [0.25, 0.3) is 0 Å². The van der Waals surface area contributed by atoms with E-state index in [0.29, 0.717) is 36.6 Å². The van der Waals surface area contributed by atoms with Gasteiger partial charge in [0.15, 0.2) is 0 Å². The van der Waals surface area contributed by atoms with Gasteiger partial charge in [-0.15, -0.1) is 6.58 Å². The van der Waals surface area contributed by atoms with Crippen LogP contribution >= 0.6 is 11.6 Å². The molecule has 1 amide bonds. The van der Waals surface area contributed by atoms with Crippen molar-refractivity contribution in [2.24, 2.45) is 0 Å². The summed E-state index contributed by atoms with van der Waals surface area (Å²) in [5.74, 6) is 0. The summed E-state index contributed by atoms with van der Waals surface area (Å²) in [6.07, 6.45) is 2.56. The molecule has 34 heavy (non-hydrogen) atoms. The van der Waals surface area contributed by atoms with Crippen molar-refractivity contribution in [2.45, 2.75) is 64.3 Å². The van der Waals surface area contributed by atoms with Gasteiger partial charge in [0, 0.05) is 17.1 Å². The zero-order valence-corrected chi connectivity index (χ0v) is 21.4. The lowest BCUT2D eigenvalue weighted by Crippen LogP contribution is -2.55. The largest absolute Gasteiger partial charge is 0.444 e. The minimum atomic E-state index is -1.39. The first kappa shape index (κ1) is 26.3. The van der Waals surface area contributed by atoms with Crippen LogP contribution in [0, 0.1) is 0 Å². The molecule has 2 atom stereocenters. The van der Waals surface area contributed by atoms with Crippen molar-refractivity contribution in [3.8, 4) is 11.1 Å². The molecule has 1 aliphatic heterocycles. The molecule has 1 aliphatic rings. The van der Waals surface area contributed by atoms with E-state index in [2.05, 4.69) is 25.6 Å². The summed E-state index contributed by atoms with van der Waals surface area (Å²) in [4.78, 5) is 14.4. The molecule has 0 saturated carbocycles. The molecule has 1 saturated heterocycles. The Kier molecular flexibility index (Phi) is 8.45. The Morgan fingerprint density at radius 2 is 2.03 bits per heavy atom. The first-order valence-corrected chi connectivity index (χ1v) is 12.3. The number of benzene rings is 2. The highest BCUT2D eigenvalue weighted by Crippen LogP contribution is 2.43. The molecule has 0 bridgehead atoms. The number of ether oxygens (including phenoxy) is 2. The summed E-state index contributed by atoms with van der Waals surface area (Å²) in [6.45, 7) is 12.4. The quantitative estimate of drug-likeness (QED) is 0.463. The van der Waals surface area contributed by atoms with E-state index in [1.165, 1.54) is 5.56 Å². The van der Waals surface area contributed by atoms with Gasteiger partial charge in [-0.1, -0.05) is 61.0 Å². The number of aliphatic hydroxyl groups is 1. The topological polar surface area (TPSA) is 59.0 Å². The monoisotopic (exact) mass is 485 g/mol. The molecule has 0 spiro atoms. The summed E-state index contributed by atoms with van der Waals surface area (Å²) >= 11 is 6.73. The number of rotatable bonds is 7. The number of amides is 1. The van der Waals surface area contributed by atoms with Crippen molar-refractivity contribution < 1.29 is 19.4 Å². The second-order valence-corrected chi connectivity index (χ2v) is 10.2. The third kappa shape index (κ3) is 6.01. The van der Waals surface area contributed by atoms with Gasteiger partial charge in [-0.3, -0.25) is 0 Å². The Labute approximate surface area is 208 Å². The van der Waals surface area contributed by atoms with Crippen molar-refractivity contribution in [3.05, 3.63) is 71.3 Å². The second-order valence-electron chi connectivity index (χ2n) is 9.75. The number of aryl methyl sites for hydroxylation is 1. The highest BCUT2D eigenvalue weighted by molar-refractivity contribution is 6.33. The maximum Gasteiger partial charge on any atom is 0.410 e. The van der Waals surface area contributed by atoms with E-state index in [1.807, 2.05) is 51.1 Å². The van der Waals surface area contributed by atoms with Gasteiger partial charge in [-0.2, -0.15) is 0 Å². The molecule has 5 nitrogen and oxygen atoms in total. The van der Waals surface area contributed by atoms with Gasteiger partial charge >= 0.3 is 6.09 Å². The Morgan fingerprint density at radius 1 is 1.29 bits per heavy atom. The van der Waals surface area contributed by atoms with Gasteiger partial charge in [-0.25, -0.2) is 4.79 Å². The smallest absolute Gasteiger partial charge is 0.410 e. The average molecular weight is 486 g/mol. The third-order valence-corrected chi connectivity index (χ3v) is 6.40. The predicted octanol–water partition coefficient (Wildman–Crippen LogP) is 6.36. The van der Waals surface area contributed by atoms with Crippen LogP contribution in [0.5, 0.6) is 0 Å². The first-order chi connectivity index (χ1) is 16.1. The normalized spacial score (nSPS) is 18.3. The molecule has 0 aliphatic carbocycles. The summed E-state index contributed by atoms with van der Waals surface area (Å²) in [5, 5.41) is 12.8. The molecule has 2 aromatic carbocycles. The van der Waals surface area contributed by atoms with Gasteiger partial charge in [-0.05, 0) is 62.8 Å². The third-order valence-electron chi connectivity index (χ3n) is 6.08. The molecular weight excluding hydrogens is 450 g/mol. The van der Waals surface area contributed by atoms with Crippen LogP contribution in [0.3, 0.4) is 0 Å². The van der Waals surface area contributed by atoms with Crippen molar-refractivity contribution in [3.63, 3.8) is 0 Å². The molecule has 6 heteroatoms. The number of nitrogens with zero attached hydrogens (tertiary/aromatic N) is 1. The van der Waals surface area contributed by atoms with Crippen molar-refractivity contribution in [2.75, 3.05) is 19.7 Å². The van der Waals surface area contributed by atoms with Crippen molar-refractivity contribution in [1.82, 2.24) is 4.90 Å². The number of hydrogen-bond acceptors (Lipinski definition) is 4. The molecule has 1 fully saturated rings. The maximum absolute atomic E-state index is 12.8. The van der Waals surface area contributed by atoms with Crippen molar-refractivity contribution in [1.29, 1.82) is 0 Å². The van der Waals surface area contributed by atoms with Crippen LogP contribution < -0.4 is 0 Å². The Balaban J connectivity index is 2.05. The number of hydrogen-bond donors (Lipinski definition) is 1. The summed E-state index contributed by atoms with van der Waals surface area (Å²) in [6, 6.07) is 13.8. The van der Waals surface area contributed by atoms with E-state index in [4.69, 9.17) is 21.1 Å². The lowest BCUT2D eigenvalue weighted by molar-refractivity contribution is -0.149. The number of morpholine rings is 1. The second kappa shape index (κ2) is 10.9. The van der Waals surface area contributed by atoms with E-state index in [0.717, 1.165) is 17.5 Å². The van der Waals surface area contributed by atoms with Crippen molar-refractivity contribution >= 4 is 17.7 Å². The molecular formula is C28H36ClNO4. The summed E-state index contributed by atoms with van der Waals surface area (Å²) < 4.78 is 11.7. The van der Waals surface area contributed by atoms with Gasteiger partial charge < -0.3 is 19.5 Å². The Hall–Kier alpha value is -2.34. The maximum atomic E-state index is 12.8. The van der Waals surface area contributed by atoms with Crippen LogP contribution in [0.4, 0.5) is 4.79 Å². The Morgan fingerprint density at radius 3 is 2.71 bits per heavy atom. The van der Waals surface area contributed by atoms with Crippen LogP contribution in [0.25, 0.3) is 11.1 Å². The zero-order chi connectivity index (χ0) is 24.9. The first-order valence-electron chi connectivity index (χ1n) is 11.9. The van der Waals surface area contributed by atoms with E-state index in [1.54, 1.807) is 11.0 Å². The zero-order valence-electron chi connectivity index (χ0n) is 20.6. The molecule has 3 rings (SSSR count). The number of allylic oxidation sites excluding steroid dienone is 1. The lowest BCUT2D eigenvalue weighted by atomic mass is 9.79. The molecule has 1 heterocycles. The molecule has 0 aromatic heterocycles. The van der Waals surface area contributed by atoms with Crippen LogP contribution in [0.15, 0.2) is 55.1 Å². The number of halogens is 1. The fraction of sp³-hybridized carbons (Fsp3) is 0.464. The predicted molar refractivity (Wildman–Crippen MR) is 137 cm³/mol. The van der Waals surface area contributed by atoms with Gasteiger partial charge in [0.1, 0.15) is 17.3 Å². The molecule has 184 valence electrons. The van der Waals surface area contributed by atoms with Gasteiger partial charge in [0.2, 0.25) is 0 Å². The highest BCUT2D eigenvalue weighted by atomic mass is 35.5. The van der Waals surface area contributed by atoms with Crippen LogP contribution in [0.1, 0.15) is 51.7 Å². The fourth-order valence-corrected chi connectivity index (χ4v) is 4.63. The van der Waals surface area contributed by atoms with Crippen LogP contribution in [0.2, 0.25) is 5.02 Å². The number of carbonyl (C=O) groups is 1. The SMILES string of the molecule is C=CCCC(O)(c1cccc(Cl)c1-c1cccc(CC)c1)C1CN(C(=O)OC(C)(C)C)CCO1. The summed E-state index contributed by atoms with van der Waals surface area (Å²) in [5.41, 5.74) is 1.60. The minimum Gasteiger partial charge on any atom is -0.444 e. The van der Waals surface area contributed by atoms with E-state index in [9.17, 15) is 9.90 Å². The standard InChI is InChI=1S/C28H36ClNO4/c1-6-8-15-28(32,24-19-30(16-17-33-24)26(31)34-27(3,4)5)22-13-10-14-23(29)25(22)21-12-9-11-20(7-2)18-21/h6,9-14,18,24,32H,1,7-8,15-17,19H2,2-5H3. The number of carbonyl (C=O) groups excluding carboxylic acids is 1. The Bertz CT molecular complexity index is 1020. The molecule has 1 N–H and O–H groups in total. The van der Waals surface area contributed by atoms with Crippen LogP contribution in [-0.2, 0) is 21.5 Å². The molecule has 0 radical (unpaired) electrons. The highest BCUT2D eigenvalue weighted by Gasteiger charge is 2.44. The molecule has 2 aromatic rings. The minimum absolute atomic E-state index is 0.212. The van der Waals surface area contributed by atoms with E-state index >= 15 is 0 Å².